The molecule has 0 atom stereocenters. The van der Waals surface area contributed by atoms with Crippen molar-refractivity contribution in [1.82, 2.24) is 0 Å². The highest BCUT2D eigenvalue weighted by Crippen LogP contribution is 2.30. The minimum Gasteiger partial charge on any atom is -0.480 e. The van der Waals surface area contributed by atoms with Crippen LogP contribution < -0.4 is 15.4 Å². The number of nitrogens with one attached hydrogen (secondary N) is 2. The van der Waals surface area contributed by atoms with E-state index in [9.17, 15) is 14.4 Å². The lowest BCUT2D eigenvalue weighted by atomic mass is 10.1. The fraction of sp³-hybridized carbons (Fsp3) is 0.125. The van der Waals surface area contributed by atoms with Crippen molar-refractivity contribution < 1.29 is 23.9 Å². The number of carbonyl (C=O) groups excluding carboxylic acids is 3. The molecule has 2 N–H and O–H groups in total. The lowest BCUT2D eigenvalue weighted by Gasteiger charge is -2.10. The average Bonchev–Trinajstić information content (AvgIpc) is 2.77. The number of carbonyl (C=O) groups is 3. The van der Waals surface area contributed by atoms with E-state index in [4.69, 9.17) is 21.1 Å². The smallest absolute Gasteiger partial charge is 0.344 e. The van der Waals surface area contributed by atoms with E-state index in [2.05, 4.69) is 10.6 Å². The minimum atomic E-state index is -0.713. The zero-order valence-electron chi connectivity index (χ0n) is 17.3. The van der Waals surface area contributed by atoms with Gasteiger partial charge in [0.1, 0.15) is 5.75 Å². The van der Waals surface area contributed by atoms with Gasteiger partial charge in [-0.1, -0.05) is 54.1 Å². The third kappa shape index (κ3) is 6.85. The van der Waals surface area contributed by atoms with Gasteiger partial charge < -0.3 is 20.1 Å². The van der Waals surface area contributed by atoms with Crippen molar-refractivity contribution in [1.29, 1.82) is 0 Å². The van der Waals surface area contributed by atoms with Crippen LogP contribution in [0.2, 0.25) is 5.02 Å². The predicted molar refractivity (Wildman–Crippen MR) is 123 cm³/mol. The molecule has 3 aromatic carbocycles. The SMILES string of the molecule is CC(=O)Nc1cccc(NC(=O)COC(=O)COc2ccc(-c3ccccc3)cc2Cl)c1. The van der Waals surface area contributed by atoms with E-state index in [1.165, 1.54) is 6.92 Å². The summed E-state index contributed by atoms with van der Waals surface area (Å²) in [6.07, 6.45) is 0. The van der Waals surface area contributed by atoms with Crippen molar-refractivity contribution >= 4 is 40.8 Å². The molecular formula is C24H21ClN2O5. The van der Waals surface area contributed by atoms with Gasteiger partial charge in [-0.15, -0.1) is 0 Å². The van der Waals surface area contributed by atoms with E-state index >= 15 is 0 Å². The van der Waals surface area contributed by atoms with Crippen LogP contribution in [0.25, 0.3) is 11.1 Å². The molecule has 0 saturated carbocycles. The molecule has 3 rings (SSSR count). The first-order valence-corrected chi connectivity index (χ1v) is 10.1. The summed E-state index contributed by atoms with van der Waals surface area (Å²) < 4.78 is 10.4. The van der Waals surface area contributed by atoms with Gasteiger partial charge in [0.15, 0.2) is 13.2 Å². The van der Waals surface area contributed by atoms with Crippen LogP contribution in [0.3, 0.4) is 0 Å². The van der Waals surface area contributed by atoms with Crippen molar-refractivity contribution in [2.45, 2.75) is 6.92 Å². The summed E-state index contributed by atoms with van der Waals surface area (Å²) in [5, 5.41) is 5.56. The van der Waals surface area contributed by atoms with Crippen molar-refractivity contribution in [2.24, 2.45) is 0 Å². The number of amides is 2. The zero-order chi connectivity index (χ0) is 22.9. The van der Waals surface area contributed by atoms with Crippen LogP contribution in [0.15, 0.2) is 72.8 Å². The highest BCUT2D eigenvalue weighted by Gasteiger charge is 2.11. The second-order valence-corrected chi connectivity index (χ2v) is 7.18. The normalized spacial score (nSPS) is 10.2. The quantitative estimate of drug-likeness (QED) is 0.490. The lowest BCUT2D eigenvalue weighted by molar-refractivity contribution is -0.149. The Labute approximate surface area is 190 Å². The molecule has 0 aliphatic carbocycles. The summed E-state index contributed by atoms with van der Waals surface area (Å²) in [6, 6.07) is 21.6. The number of hydrogen-bond donors (Lipinski definition) is 2. The third-order valence-electron chi connectivity index (χ3n) is 4.22. The van der Waals surface area contributed by atoms with Gasteiger partial charge in [-0.3, -0.25) is 9.59 Å². The Morgan fingerprint density at radius 3 is 2.22 bits per heavy atom. The van der Waals surface area contributed by atoms with Crippen molar-refractivity contribution in [3.63, 3.8) is 0 Å². The molecular weight excluding hydrogens is 432 g/mol. The van der Waals surface area contributed by atoms with Gasteiger partial charge in [-0.05, 0) is 41.5 Å². The van der Waals surface area contributed by atoms with Crippen LogP contribution in [-0.4, -0.2) is 31.0 Å². The first-order chi connectivity index (χ1) is 15.4. The molecule has 0 aliphatic rings. The molecule has 8 heteroatoms. The van der Waals surface area contributed by atoms with Gasteiger partial charge in [0.25, 0.3) is 5.91 Å². The molecule has 2 amide bonds. The molecule has 0 radical (unpaired) electrons. The van der Waals surface area contributed by atoms with Gasteiger partial charge in [0.05, 0.1) is 5.02 Å². The number of anilines is 2. The predicted octanol–water partition coefficient (Wildman–Crippen LogP) is 4.53. The van der Waals surface area contributed by atoms with E-state index < -0.39 is 25.1 Å². The minimum absolute atomic E-state index is 0.225. The summed E-state index contributed by atoms with van der Waals surface area (Å²) in [5.74, 6) is -1.13. The second-order valence-electron chi connectivity index (χ2n) is 6.77. The lowest BCUT2D eigenvalue weighted by Crippen LogP contribution is -2.23. The number of benzene rings is 3. The second kappa shape index (κ2) is 11.0. The Balaban J connectivity index is 1.46. The van der Waals surface area contributed by atoms with E-state index in [-0.39, 0.29) is 5.91 Å². The molecule has 3 aromatic rings. The Hall–Kier alpha value is -3.84. The van der Waals surface area contributed by atoms with E-state index in [0.29, 0.717) is 22.1 Å². The van der Waals surface area contributed by atoms with Gasteiger partial charge >= 0.3 is 5.97 Å². The Morgan fingerprint density at radius 2 is 1.53 bits per heavy atom. The molecule has 0 fully saturated rings. The molecule has 0 aliphatic heterocycles. The van der Waals surface area contributed by atoms with Gasteiger partial charge in [0, 0.05) is 18.3 Å². The van der Waals surface area contributed by atoms with Crippen LogP contribution in [0, 0.1) is 0 Å². The topological polar surface area (TPSA) is 93.7 Å². The first-order valence-electron chi connectivity index (χ1n) is 9.71. The molecule has 0 spiro atoms. The van der Waals surface area contributed by atoms with E-state index in [1.807, 2.05) is 36.4 Å². The summed E-state index contributed by atoms with van der Waals surface area (Å²) in [6.45, 7) is 0.514. The number of ether oxygens (including phenoxy) is 2. The van der Waals surface area contributed by atoms with E-state index in [1.54, 1.807) is 36.4 Å². The summed E-state index contributed by atoms with van der Waals surface area (Å²) >= 11 is 6.26. The van der Waals surface area contributed by atoms with Gasteiger partial charge in [-0.2, -0.15) is 0 Å². The summed E-state index contributed by atoms with van der Waals surface area (Å²) in [5.41, 5.74) is 2.92. The summed E-state index contributed by atoms with van der Waals surface area (Å²) in [4.78, 5) is 35.1. The zero-order valence-corrected chi connectivity index (χ0v) is 18.0. The van der Waals surface area contributed by atoms with Crippen molar-refractivity contribution in [3.05, 3.63) is 77.8 Å². The van der Waals surface area contributed by atoms with E-state index in [0.717, 1.165) is 11.1 Å². The molecule has 164 valence electrons. The highest BCUT2D eigenvalue weighted by atomic mass is 35.5. The third-order valence-corrected chi connectivity index (χ3v) is 4.51. The highest BCUT2D eigenvalue weighted by molar-refractivity contribution is 6.32. The standard InChI is InChI=1S/C24H21ClN2O5/c1-16(28)26-19-8-5-9-20(13-19)27-23(29)14-32-24(30)15-31-22-11-10-18(12-21(22)25)17-6-3-2-4-7-17/h2-13H,14-15H2,1H3,(H,26,28)(H,27,29). The molecule has 7 nitrogen and oxygen atoms in total. The molecule has 0 heterocycles. The maximum absolute atomic E-state index is 12.0. The average molecular weight is 453 g/mol. The molecule has 0 aromatic heterocycles. The van der Waals surface area contributed by atoms with Crippen molar-refractivity contribution in [2.75, 3.05) is 23.8 Å². The van der Waals surface area contributed by atoms with Crippen LogP contribution in [0.4, 0.5) is 11.4 Å². The fourth-order valence-electron chi connectivity index (χ4n) is 2.83. The Bertz CT molecular complexity index is 1120. The van der Waals surface area contributed by atoms with Crippen LogP contribution in [0.1, 0.15) is 6.92 Å². The van der Waals surface area contributed by atoms with Gasteiger partial charge in [-0.25, -0.2) is 4.79 Å². The van der Waals surface area contributed by atoms with Crippen molar-refractivity contribution in [3.8, 4) is 16.9 Å². The maximum atomic E-state index is 12.0. The molecule has 0 bridgehead atoms. The number of esters is 1. The fourth-order valence-corrected chi connectivity index (χ4v) is 3.06. The Kier molecular flexibility index (Phi) is 7.83. The molecule has 0 unspecified atom stereocenters. The van der Waals surface area contributed by atoms with Crippen LogP contribution in [0.5, 0.6) is 5.75 Å². The Morgan fingerprint density at radius 1 is 0.812 bits per heavy atom. The largest absolute Gasteiger partial charge is 0.480 e. The maximum Gasteiger partial charge on any atom is 0.344 e. The first kappa shape index (κ1) is 22.8. The number of halogens is 1. The van der Waals surface area contributed by atoms with Crippen LogP contribution >= 0.6 is 11.6 Å². The number of hydrogen-bond acceptors (Lipinski definition) is 5. The molecule has 0 saturated heterocycles. The summed E-state index contributed by atoms with van der Waals surface area (Å²) in [7, 11) is 0. The molecule has 32 heavy (non-hydrogen) atoms. The monoisotopic (exact) mass is 452 g/mol. The number of rotatable bonds is 8. The van der Waals surface area contributed by atoms with Gasteiger partial charge in [0.2, 0.25) is 5.91 Å². The van der Waals surface area contributed by atoms with Crippen LogP contribution in [-0.2, 0) is 19.1 Å².